The van der Waals surface area contributed by atoms with Gasteiger partial charge in [0.15, 0.2) is 5.70 Å². The molecule has 100 valence electrons. The van der Waals surface area contributed by atoms with Crippen LogP contribution in [0.15, 0.2) is 11.5 Å². The fraction of sp³-hybridized carbons (Fsp3) is 0.667. The number of amides is 1. The predicted molar refractivity (Wildman–Crippen MR) is 63.1 cm³/mol. The first kappa shape index (κ1) is 12.9. The van der Waals surface area contributed by atoms with E-state index >= 15 is 0 Å². The lowest BCUT2D eigenvalue weighted by Gasteiger charge is -2.48. The van der Waals surface area contributed by atoms with Crippen LogP contribution >= 0.6 is 0 Å². The molecule has 2 N–H and O–H groups in total. The van der Waals surface area contributed by atoms with Crippen LogP contribution in [0.2, 0.25) is 0 Å². The number of hydrogen-bond acceptors (Lipinski definition) is 5. The Morgan fingerprint density at radius 3 is 2.67 bits per heavy atom. The van der Waals surface area contributed by atoms with E-state index in [1.165, 1.54) is 4.90 Å². The lowest BCUT2D eigenvalue weighted by molar-refractivity contribution is -0.164. The van der Waals surface area contributed by atoms with Gasteiger partial charge in [0.25, 0.3) is 0 Å². The van der Waals surface area contributed by atoms with Gasteiger partial charge in [-0.05, 0) is 27.7 Å². The van der Waals surface area contributed by atoms with Gasteiger partial charge in [0.1, 0.15) is 24.0 Å². The highest BCUT2D eigenvalue weighted by Crippen LogP contribution is 2.32. The molecule has 1 saturated heterocycles. The van der Waals surface area contributed by atoms with Gasteiger partial charge in [-0.2, -0.15) is 0 Å². The zero-order chi connectivity index (χ0) is 13.7. The molecule has 2 atom stereocenters. The molecule has 18 heavy (non-hydrogen) atoms. The SMILES string of the molecule is CC1=C(C(=O)OC(C)(C)C)N2C(=O)[C@@H](N)[C@@H]2CO1. The van der Waals surface area contributed by atoms with Gasteiger partial charge in [-0.3, -0.25) is 9.69 Å². The van der Waals surface area contributed by atoms with Crippen LogP contribution in [-0.2, 0) is 19.1 Å². The van der Waals surface area contributed by atoms with E-state index in [0.29, 0.717) is 12.4 Å². The molecule has 0 radical (unpaired) electrons. The average molecular weight is 254 g/mol. The first-order chi connectivity index (χ1) is 8.22. The number of ether oxygens (including phenoxy) is 2. The zero-order valence-corrected chi connectivity index (χ0v) is 11.0. The number of β-lactam (4-membered cyclic amide) rings is 1. The summed E-state index contributed by atoms with van der Waals surface area (Å²) >= 11 is 0. The number of nitrogens with zero attached hydrogens (tertiary/aromatic N) is 1. The highest BCUT2D eigenvalue weighted by atomic mass is 16.6. The van der Waals surface area contributed by atoms with Gasteiger partial charge in [-0.1, -0.05) is 0 Å². The van der Waals surface area contributed by atoms with E-state index in [2.05, 4.69) is 0 Å². The fourth-order valence-corrected chi connectivity index (χ4v) is 2.04. The van der Waals surface area contributed by atoms with Crippen molar-refractivity contribution in [2.75, 3.05) is 6.61 Å². The summed E-state index contributed by atoms with van der Waals surface area (Å²) in [6, 6.07) is -0.848. The van der Waals surface area contributed by atoms with Gasteiger partial charge >= 0.3 is 5.97 Å². The van der Waals surface area contributed by atoms with E-state index in [0.717, 1.165) is 0 Å². The molecule has 2 aliphatic heterocycles. The molecule has 0 spiro atoms. The second-order valence-corrected chi connectivity index (χ2v) is 5.52. The number of nitrogens with two attached hydrogens (primary N) is 1. The van der Waals surface area contributed by atoms with E-state index in [9.17, 15) is 9.59 Å². The monoisotopic (exact) mass is 254 g/mol. The number of allylic oxidation sites excluding steroid dienone is 1. The maximum Gasteiger partial charge on any atom is 0.359 e. The standard InChI is InChI=1S/C12H18N2O4/c1-6-9(11(16)18-12(2,3)4)14-7(5-17-6)8(13)10(14)15/h7-8H,5,13H2,1-4H3/t7-,8-/m0/s1. The Morgan fingerprint density at radius 2 is 2.11 bits per heavy atom. The highest BCUT2D eigenvalue weighted by molar-refractivity contribution is 6.00. The summed E-state index contributed by atoms with van der Waals surface area (Å²) in [5.74, 6) is -0.408. The van der Waals surface area contributed by atoms with Gasteiger partial charge in [-0.15, -0.1) is 0 Å². The third kappa shape index (κ3) is 1.96. The molecule has 0 unspecified atom stereocenters. The van der Waals surface area contributed by atoms with E-state index in [-0.39, 0.29) is 17.6 Å². The van der Waals surface area contributed by atoms with Crippen LogP contribution in [0.25, 0.3) is 0 Å². The summed E-state index contributed by atoms with van der Waals surface area (Å²) in [5, 5.41) is 0. The normalized spacial score (nSPS) is 27.4. The van der Waals surface area contributed by atoms with E-state index in [1.54, 1.807) is 27.7 Å². The molecule has 0 aromatic carbocycles. The lowest BCUT2D eigenvalue weighted by atomic mass is 9.94. The number of carbonyl (C=O) groups is 2. The first-order valence-corrected chi connectivity index (χ1v) is 5.88. The molecule has 6 heteroatoms. The van der Waals surface area contributed by atoms with Crippen molar-refractivity contribution in [2.24, 2.45) is 5.73 Å². The number of carbonyl (C=O) groups excluding carboxylic acids is 2. The topological polar surface area (TPSA) is 81.9 Å². The molecule has 0 bridgehead atoms. The smallest absolute Gasteiger partial charge is 0.359 e. The predicted octanol–water partition coefficient (Wildman–Crippen LogP) is 0.128. The maximum absolute atomic E-state index is 12.1. The summed E-state index contributed by atoms with van der Waals surface area (Å²) in [4.78, 5) is 25.2. The van der Waals surface area contributed by atoms with Crippen molar-refractivity contribution in [1.29, 1.82) is 0 Å². The second kappa shape index (κ2) is 3.98. The maximum atomic E-state index is 12.1. The molecule has 6 nitrogen and oxygen atoms in total. The van der Waals surface area contributed by atoms with Crippen LogP contribution in [0.1, 0.15) is 27.7 Å². The van der Waals surface area contributed by atoms with Crippen LogP contribution in [-0.4, -0.2) is 41.1 Å². The van der Waals surface area contributed by atoms with Crippen molar-refractivity contribution in [2.45, 2.75) is 45.4 Å². The quantitative estimate of drug-likeness (QED) is 0.531. The van der Waals surface area contributed by atoms with Crippen molar-refractivity contribution < 1.29 is 19.1 Å². The molecular weight excluding hydrogens is 236 g/mol. The number of fused-ring (bicyclic) bond motifs is 1. The summed E-state index contributed by atoms with van der Waals surface area (Å²) in [7, 11) is 0. The van der Waals surface area contributed by atoms with Gasteiger partial charge < -0.3 is 15.2 Å². The summed E-state index contributed by atoms with van der Waals surface area (Å²) in [5.41, 5.74) is 5.22. The van der Waals surface area contributed by atoms with Crippen molar-refractivity contribution in [1.82, 2.24) is 4.90 Å². The van der Waals surface area contributed by atoms with Crippen LogP contribution < -0.4 is 5.73 Å². The first-order valence-electron chi connectivity index (χ1n) is 5.88. The molecule has 1 amide bonds. The van der Waals surface area contributed by atoms with Crippen molar-refractivity contribution in [3.8, 4) is 0 Å². The minimum atomic E-state index is -0.618. The average Bonchev–Trinajstić information content (AvgIpc) is 2.25. The number of esters is 1. The van der Waals surface area contributed by atoms with E-state index < -0.39 is 17.6 Å². The summed E-state index contributed by atoms with van der Waals surface area (Å²) < 4.78 is 10.7. The van der Waals surface area contributed by atoms with Crippen LogP contribution in [0.4, 0.5) is 0 Å². The van der Waals surface area contributed by atoms with Gasteiger partial charge in [0.05, 0.1) is 6.04 Å². The van der Waals surface area contributed by atoms with E-state index in [1.807, 2.05) is 0 Å². The highest BCUT2D eigenvalue weighted by Gasteiger charge is 2.52. The van der Waals surface area contributed by atoms with Crippen LogP contribution in [0, 0.1) is 0 Å². The third-order valence-corrected chi connectivity index (χ3v) is 2.91. The van der Waals surface area contributed by atoms with Gasteiger partial charge in [-0.25, -0.2) is 4.79 Å². The molecule has 0 aromatic heterocycles. The Balaban J connectivity index is 2.25. The Labute approximate surface area is 106 Å². The number of hydrogen-bond donors (Lipinski definition) is 1. The molecule has 2 rings (SSSR count). The summed E-state index contributed by atoms with van der Waals surface area (Å²) in [6.45, 7) is 7.28. The van der Waals surface area contributed by atoms with E-state index in [4.69, 9.17) is 15.2 Å². The third-order valence-electron chi connectivity index (χ3n) is 2.91. The molecule has 1 fully saturated rings. The Kier molecular flexibility index (Phi) is 2.85. The Morgan fingerprint density at radius 1 is 1.50 bits per heavy atom. The molecule has 0 saturated carbocycles. The minimum absolute atomic E-state index is 0.174. The Bertz CT molecular complexity index is 436. The number of rotatable bonds is 1. The van der Waals surface area contributed by atoms with Gasteiger partial charge in [0.2, 0.25) is 5.91 Å². The molecule has 2 heterocycles. The van der Waals surface area contributed by atoms with Crippen molar-refractivity contribution in [3.63, 3.8) is 0 Å². The fourth-order valence-electron chi connectivity index (χ4n) is 2.04. The lowest BCUT2D eigenvalue weighted by Crippen LogP contribution is -2.71. The Hall–Kier alpha value is -1.56. The molecule has 0 aliphatic carbocycles. The molecular formula is C12H18N2O4. The molecule has 2 aliphatic rings. The second-order valence-electron chi connectivity index (χ2n) is 5.52. The van der Waals surface area contributed by atoms with Crippen LogP contribution in [0.5, 0.6) is 0 Å². The molecule has 0 aromatic rings. The van der Waals surface area contributed by atoms with Crippen molar-refractivity contribution in [3.05, 3.63) is 11.5 Å². The minimum Gasteiger partial charge on any atom is -0.494 e. The van der Waals surface area contributed by atoms with Crippen molar-refractivity contribution >= 4 is 11.9 Å². The largest absolute Gasteiger partial charge is 0.494 e. The van der Waals surface area contributed by atoms with Gasteiger partial charge in [0, 0.05) is 0 Å². The zero-order valence-electron chi connectivity index (χ0n) is 11.0. The summed E-state index contributed by atoms with van der Waals surface area (Å²) in [6.07, 6.45) is 0. The van der Waals surface area contributed by atoms with Crippen LogP contribution in [0.3, 0.4) is 0 Å².